The van der Waals surface area contributed by atoms with Gasteiger partial charge < -0.3 is 5.32 Å². The highest BCUT2D eigenvalue weighted by atomic mass is 35.5. The van der Waals surface area contributed by atoms with Crippen molar-refractivity contribution in [3.63, 3.8) is 0 Å². The van der Waals surface area contributed by atoms with Crippen LogP contribution in [-0.4, -0.2) is 10.5 Å². The highest BCUT2D eigenvalue weighted by molar-refractivity contribution is 7.98. The number of aromatic nitrogens is 1. The fourth-order valence-electron chi connectivity index (χ4n) is 1.78. The van der Waals surface area contributed by atoms with Gasteiger partial charge in [-0.25, -0.2) is 4.98 Å². The van der Waals surface area contributed by atoms with Crippen LogP contribution in [0.1, 0.15) is 31.9 Å². The lowest BCUT2D eigenvalue weighted by atomic mass is 10.1. The second-order valence-electron chi connectivity index (χ2n) is 5.99. The fourth-order valence-corrected chi connectivity index (χ4v) is 2.86. The molecule has 0 saturated carbocycles. The predicted molar refractivity (Wildman–Crippen MR) is 91.8 cm³/mol. The lowest BCUT2D eigenvalue weighted by Crippen LogP contribution is -2.35. The number of nitrogens with zero attached hydrogens (tertiary/aromatic N) is 1. The molecule has 4 heteroatoms. The van der Waals surface area contributed by atoms with Crippen LogP contribution in [0.15, 0.2) is 47.6 Å². The molecule has 0 unspecified atom stereocenters. The van der Waals surface area contributed by atoms with E-state index in [1.54, 1.807) is 11.8 Å². The molecular formula is C17H21ClN2S. The number of rotatable bonds is 5. The van der Waals surface area contributed by atoms with E-state index in [1.807, 2.05) is 24.4 Å². The molecule has 1 heterocycles. The molecule has 0 radical (unpaired) electrons. The smallest absolute Gasteiger partial charge is 0.101 e. The number of nitrogens with one attached hydrogen (secondary N) is 1. The number of hydrogen-bond donors (Lipinski definition) is 1. The van der Waals surface area contributed by atoms with E-state index in [2.05, 4.69) is 49.3 Å². The van der Waals surface area contributed by atoms with Crippen molar-refractivity contribution in [2.24, 2.45) is 0 Å². The maximum atomic E-state index is 5.91. The maximum absolute atomic E-state index is 5.91. The summed E-state index contributed by atoms with van der Waals surface area (Å²) >= 11 is 7.67. The number of hydrogen-bond acceptors (Lipinski definition) is 3. The highest BCUT2D eigenvalue weighted by Gasteiger charge is 2.11. The topological polar surface area (TPSA) is 24.9 Å². The van der Waals surface area contributed by atoms with Gasteiger partial charge in [0.05, 0.1) is 0 Å². The SMILES string of the molecule is CC(C)(C)NCc1cccnc1SCc1ccc(Cl)cc1. The third kappa shape index (κ3) is 5.70. The second kappa shape index (κ2) is 7.30. The van der Waals surface area contributed by atoms with E-state index >= 15 is 0 Å². The molecule has 2 aromatic rings. The van der Waals surface area contributed by atoms with Crippen molar-refractivity contribution in [2.45, 2.75) is 43.6 Å². The zero-order valence-electron chi connectivity index (χ0n) is 12.7. The summed E-state index contributed by atoms with van der Waals surface area (Å²) in [6.07, 6.45) is 1.85. The summed E-state index contributed by atoms with van der Waals surface area (Å²) in [7, 11) is 0. The molecule has 0 saturated heterocycles. The van der Waals surface area contributed by atoms with Gasteiger partial charge in [-0.3, -0.25) is 0 Å². The predicted octanol–water partition coefficient (Wildman–Crippen LogP) is 4.92. The Morgan fingerprint density at radius 1 is 1.14 bits per heavy atom. The van der Waals surface area contributed by atoms with E-state index < -0.39 is 0 Å². The molecular weight excluding hydrogens is 300 g/mol. The van der Waals surface area contributed by atoms with Crippen molar-refractivity contribution in [2.75, 3.05) is 0 Å². The normalized spacial score (nSPS) is 11.6. The quantitative estimate of drug-likeness (QED) is 0.792. The van der Waals surface area contributed by atoms with E-state index in [0.29, 0.717) is 0 Å². The van der Waals surface area contributed by atoms with E-state index in [-0.39, 0.29) is 5.54 Å². The monoisotopic (exact) mass is 320 g/mol. The summed E-state index contributed by atoms with van der Waals surface area (Å²) in [4.78, 5) is 4.51. The van der Waals surface area contributed by atoms with Gasteiger partial charge in [-0.1, -0.05) is 29.8 Å². The lowest BCUT2D eigenvalue weighted by Gasteiger charge is -2.21. The van der Waals surface area contributed by atoms with E-state index in [4.69, 9.17) is 11.6 Å². The van der Waals surface area contributed by atoms with Crippen LogP contribution < -0.4 is 5.32 Å². The van der Waals surface area contributed by atoms with Crippen LogP contribution in [0.4, 0.5) is 0 Å². The van der Waals surface area contributed by atoms with Crippen LogP contribution in [0.5, 0.6) is 0 Å². The zero-order valence-corrected chi connectivity index (χ0v) is 14.3. The Morgan fingerprint density at radius 2 is 1.86 bits per heavy atom. The first kappa shape index (κ1) is 16.3. The second-order valence-corrected chi connectivity index (χ2v) is 7.39. The molecule has 2 nitrogen and oxygen atoms in total. The Bertz CT molecular complexity index is 576. The molecule has 112 valence electrons. The molecule has 0 spiro atoms. The van der Waals surface area contributed by atoms with Gasteiger partial charge in [-0.2, -0.15) is 0 Å². The molecule has 0 fully saturated rings. The van der Waals surface area contributed by atoms with Gasteiger partial charge in [-0.15, -0.1) is 11.8 Å². The fraction of sp³-hybridized carbons (Fsp3) is 0.353. The van der Waals surface area contributed by atoms with E-state index in [9.17, 15) is 0 Å². The minimum Gasteiger partial charge on any atom is -0.308 e. The molecule has 0 bridgehead atoms. The first-order valence-corrected chi connectivity index (χ1v) is 8.36. The van der Waals surface area contributed by atoms with Crippen LogP contribution in [-0.2, 0) is 12.3 Å². The van der Waals surface area contributed by atoms with Gasteiger partial charge in [0.25, 0.3) is 0 Å². The lowest BCUT2D eigenvalue weighted by molar-refractivity contribution is 0.422. The van der Waals surface area contributed by atoms with Gasteiger partial charge >= 0.3 is 0 Å². The summed E-state index contributed by atoms with van der Waals surface area (Å²) < 4.78 is 0. The summed E-state index contributed by atoms with van der Waals surface area (Å²) in [6, 6.07) is 12.1. The highest BCUT2D eigenvalue weighted by Crippen LogP contribution is 2.25. The van der Waals surface area contributed by atoms with Crippen molar-refractivity contribution in [1.82, 2.24) is 10.3 Å². The summed E-state index contributed by atoms with van der Waals surface area (Å²) in [5.74, 6) is 0.900. The van der Waals surface area contributed by atoms with E-state index in [0.717, 1.165) is 22.3 Å². The third-order valence-electron chi connectivity index (χ3n) is 2.95. The van der Waals surface area contributed by atoms with Gasteiger partial charge in [-0.05, 0) is 50.1 Å². The first-order chi connectivity index (χ1) is 9.94. The van der Waals surface area contributed by atoms with Gasteiger partial charge in [0, 0.05) is 29.1 Å². The summed E-state index contributed by atoms with van der Waals surface area (Å²) in [6.45, 7) is 7.35. The Morgan fingerprint density at radius 3 is 2.52 bits per heavy atom. The zero-order chi connectivity index (χ0) is 15.3. The molecule has 2 rings (SSSR count). The molecule has 1 N–H and O–H groups in total. The molecule has 21 heavy (non-hydrogen) atoms. The summed E-state index contributed by atoms with van der Waals surface area (Å²) in [5.41, 5.74) is 2.60. The Labute approximate surface area is 136 Å². The van der Waals surface area contributed by atoms with Gasteiger partial charge in [0.15, 0.2) is 0 Å². The van der Waals surface area contributed by atoms with Crippen LogP contribution in [0.3, 0.4) is 0 Å². The average Bonchev–Trinajstić information content (AvgIpc) is 2.44. The Balaban J connectivity index is 2.01. The van der Waals surface area contributed by atoms with E-state index in [1.165, 1.54) is 11.1 Å². The Hall–Kier alpha value is -1.03. The molecule has 0 aliphatic carbocycles. The van der Waals surface area contributed by atoms with Crippen molar-refractivity contribution in [3.05, 3.63) is 58.7 Å². The molecule has 1 aromatic carbocycles. The van der Waals surface area contributed by atoms with Crippen LogP contribution in [0, 0.1) is 0 Å². The minimum atomic E-state index is 0.105. The molecule has 0 atom stereocenters. The summed E-state index contributed by atoms with van der Waals surface area (Å²) in [5, 5.41) is 5.38. The standard InChI is InChI=1S/C17H21ClN2S/c1-17(2,3)20-11-14-5-4-10-19-16(14)21-12-13-6-8-15(18)9-7-13/h4-10,20H,11-12H2,1-3H3. The molecule has 0 aliphatic heterocycles. The van der Waals surface area contributed by atoms with Crippen molar-refractivity contribution in [1.29, 1.82) is 0 Å². The molecule has 0 amide bonds. The maximum Gasteiger partial charge on any atom is 0.101 e. The van der Waals surface area contributed by atoms with Gasteiger partial charge in [0.2, 0.25) is 0 Å². The number of thioether (sulfide) groups is 1. The minimum absolute atomic E-state index is 0.105. The molecule has 1 aromatic heterocycles. The van der Waals surface area contributed by atoms with Crippen LogP contribution in [0.2, 0.25) is 5.02 Å². The number of pyridine rings is 1. The molecule has 0 aliphatic rings. The number of benzene rings is 1. The average molecular weight is 321 g/mol. The van der Waals surface area contributed by atoms with Crippen molar-refractivity contribution < 1.29 is 0 Å². The Kier molecular flexibility index (Phi) is 5.68. The van der Waals surface area contributed by atoms with Crippen molar-refractivity contribution >= 4 is 23.4 Å². The van der Waals surface area contributed by atoms with Crippen LogP contribution in [0.25, 0.3) is 0 Å². The largest absolute Gasteiger partial charge is 0.308 e. The van der Waals surface area contributed by atoms with Crippen molar-refractivity contribution in [3.8, 4) is 0 Å². The van der Waals surface area contributed by atoms with Gasteiger partial charge in [0.1, 0.15) is 5.03 Å². The first-order valence-electron chi connectivity index (χ1n) is 7.00. The third-order valence-corrected chi connectivity index (χ3v) is 4.32. The van der Waals surface area contributed by atoms with Crippen LogP contribution >= 0.6 is 23.4 Å². The number of halogens is 1.